The SMILES string of the molecule is CC1(C)C(=O)N(Cc2ccccc2)N=C1C(F)(F)F. The molecule has 3 nitrogen and oxygen atoms in total. The molecule has 0 saturated heterocycles. The van der Waals surface area contributed by atoms with Gasteiger partial charge in [-0.05, 0) is 19.4 Å². The number of alkyl halides is 3. The molecule has 1 amide bonds. The fourth-order valence-corrected chi connectivity index (χ4v) is 1.99. The molecule has 0 N–H and O–H groups in total. The molecule has 2 rings (SSSR count). The second-order valence-corrected chi connectivity index (χ2v) is 4.92. The molecule has 0 saturated carbocycles. The largest absolute Gasteiger partial charge is 0.432 e. The molecule has 6 heteroatoms. The van der Waals surface area contributed by atoms with Gasteiger partial charge in [0.05, 0.1) is 12.0 Å². The molecule has 1 aromatic rings. The Balaban J connectivity index is 2.29. The summed E-state index contributed by atoms with van der Waals surface area (Å²) >= 11 is 0. The third kappa shape index (κ3) is 2.47. The van der Waals surface area contributed by atoms with Crippen molar-refractivity contribution in [1.82, 2.24) is 5.01 Å². The molecule has 0 spiro atoms. The molecule has 1 heterocycles. The molecule has 19 heavy (non-hydrogen) atoms. The first kappa shape index (κ1) is 13.6. The van der Waals surface area contributed by atoms with E-state index in [1.807, 2.05) is 0 Å². The van der Waals surface area contributed by atoms with Crippen molar-refractivity contribution in [1.29, 1.82) is 0 Å². The molecule has 0 unspecified atom stereocenters. The lowest BCUT2D eigenvalue weighted by molar-refractivity contribution is -0.136. The first-order chi connectivity index (χ1) is 8.73. The van der Waals surface area contributed by atoms with Gasteiger partial charge in [0, 0.05) is 0 Å². The molecule has 102 valence electrons. The van der Waals surface area contributed by atoms with Gasteiger partial charge in [0.25, 0.3) is 5.91 Å². The smallest absolute Gasteiger partial charge is 0.272 e. The van der Waals surface area contributed by atoms with Crippen molar-refractivity contribution in [3.63, 3.8) is 0 Å². The van der Waals surface area contributed by atoms with Crippen molar-refractivity contribution in [2.45, 2.75) is 26.6 Å². The summed E-state index contributed by atoms with van der Waals surface area (Å²) in [7, 11) is 0. The van der Waals surface area contributed by atoms with E-state index in [2.05, 4.69) is 5.10 Å². The van der Waals surface area contributed by atoms with E-state index in [0.717, 1.165) is 10.6 Å². The van der Waals surface area contributed by atoms with E-state index < -0.39 is 23.2 Å². The van der Waals surface area contributed by atoms with Gasteiger partial charge in [-0.3, -0.25) is 4.79 Å². The molecule has 0 aliphatic carbocycles. The summed E-state index contributed by atoms with van der Waals surface area (Å²) in [6.45, 7) is 2.53. The van der Waals surface area contributed by atoms with Gasteiger partial charge in [-0.15, -0.1) is 0 Å². The molecule has 1 aromatic carbocycles. The van der Waals surface area contributed by atoms with Crippen molar-refractivity contribution in [3.05, 3.63) is 35.9 Å². The summed E-state index contributed by atoms with van der Waals surface area (Å²) in [5.41, 5.74) is -1.94. The van der Waals surface area contributed by atoms with E-state index in [0.29, 0.717) is 0 Å². The minimum absolute atomic E-state index is 0.0443. The fourth-order valence-electron chi connectivity index (χ4n) is 1.99. The molecule has 0 radical (unpaired) electrons. The van der Waals surface area contributed by atoms with E-state index in [1.165, 1.54) is 13.8 Å². The number of amides is 1. The number of nitrogens with zero attached hydrogens (tertiary/aromatic N) is 2. The van der Waals surface area contributed by atoms with Gasteiger partial charge in [-0.1, -0.05) is 30.3 Å². The zero-order valence-corrected chi connectivity index (χ0v) is 10.5. The number of benzene rings is 1. The van der Waals surface area contributed by atoms with Crippen LogP contribution in [0.4, 0.5) is 13.2 Å². The van der Waals surface area contributed by atoms with Crippen LogP contribution in [-0.2, 0) is 11.3 Å². The van der Waals surface area contributed by atoms with Gasteiger partial charge in [0.2, 0.25) is 0 Å². The maximum absolute atomic E-state index is 12.8. The summed E-state index contributed by atoms with van der Waals surface area (Å²) in [4.78, 5) is 12.0. The average molecular weight is 270 g/mol. The lowest BCUT2D eigenvalue weighted by atomic mass is 9.87. The highest BCUT2D eigenvalue weighted by molar-refractivity contribution is 6.13. The summed E-state index contributed by atoms with van der Waals surface area (Å²) < 4.78 is 38.5. The van der Waals surface area contributed by atoms with Crippen LogP contribution >= 0.6 is 0 Å². The lowest BCUT2D eigenvalue weighted by Gasteiger charge is -2.20. The van der Waals surface area contributed by atoms with Crippen LogP contribution in [0.5, 0.6) is 0 Å². The molecule has 0 bridgehead atoms. The highest BCUT2D eigenvalue weighted by Gasteiger charge is 2.55. The Bertz CT molecular complexity index is 520. The van der Waals surface area contributed by atoms with Gasteiger partial charge in [-0.2, -0.15) is 18.3 Å². The minimum atomic E-state index is -4.59. The quantitative estimate of drug-likeness (QED) is 0.813. The standard InChI is InChI=1S/C13H13F3N2O/c1-12(2)10(13(14,15)16)17-18(11(12)19)8-9-6-4-3-5-7-9/h3-7H,8H2,1-2H3. The number of hydrogen-bond donors (Lipinski definition) is 0. The van der Waals surface area contributed by atoms with Gasteiger partial charge >= 0.3 is 6.18 Å². The summed E-state index contributed by atoms with van der Waals surface area (Å²) in [6.07, 6.45) is -4.59. The van der Waals surface area contributed by atoms with Crippen LogP contribution in [-0.4, -0.2) is 22.8 Å². The average Bonchev–Trinajstić information content (AvgIpc) is 2.54. The Hall–Kier alpha value is -1.85. The van der Waals surface area contributed by atoms with Crippen LogP contribution in [0.3, 0.4) is 0 Å². The summed E-state index contributed by atoms with van der Waals surface area (Å²) in [5.74, 6) is -0.635. The van der Waals surface area contributed by atoms with Crippen LogP contribution < -0.4 is 0 Å². The van der Waals surface area contributed by atoms with Crippen molar-refractivity contribution >= 4 is 11.6 Å². The van der Waals surface area contributed by atoms with Crippen LogP contribution in [0.15, 0.2) is 35.4 Å². The lowest BCUT2D eigenvalue weighted by Crippen LogP contribution is -2.40. The first-order valence-corrected chi connectivity index (χ1v) is 5.75. The molecular formula is C13H13F3N2O. The van der Waals surface area contributed by atoms with E-state index in [9.17, 15) is 18.0 Å². The number of carbonyl (C=O) groups excluding carboxylic acids is 1. The highest BCUT2D eigenvalue weighted by atomic mass is 19.4. The van der Waals surface area contributed by atoms with E-state index in [1.54, 1.807) is 30.3 Å². The monoisotopic (exact) mass is 270 g/mol. The predicted molar refractivity (Wildman–Crippen MR) is 64.3 cm³/mol. The Morgan fingerprint density at radius 3 is 2.26 bits per heavy atom. The number of halogens is 3. The van der Waals surface area contributed by atoms with E-state index >= 15 is 0 Å². The second-order valence-electron chi connectivity index (χ2n) is 4.92. The van der Waals surface area contributed by atoms with Crippen LogP contribution in [0.1, 0.15) is 19.4 Å². The molecule has 1 aliphatic heterocycles. The maximum atomic E-state index is 12.8. The van der Waals surface area contributed by atoms with Gasteiger partial charge < -0.3 is 0 Å². The second kappa shape index (κ2) is 4.36. The van der Waals surface area contributed by atoms with E-state index in [4.69, 9.17) is 0 Å². The van der Waals surface area contributed by atoms with Crippen LogP contribution in [0, 0.1) is 5.41 Å². The number of carbonyl (C=O) groups is 1. The van der Waals surface area contributed by atoms with Gasteiger partial charge in [-0.25, -0.2) is 5.01 Å². The number of hydrazone groups is 1. The topological polar surface area (TPSA) is 32.7 Å². The summed E-state index contributed by atoms with van der Waals surface area (Å²) in [6, 6.07) is 8.79. The minimum Gasteiger partial charge on any atom is -0.272 e. The van der Waals surface area contributed by atoms with Crippen molar-refractivity contribution in [2.24, 2.45) is 10.5 Å². The first-order valence-electron chi connectivity index (χ1n) is 5.75. The molecular weight excluding hydrogens is 257 g/mol. The third-order valence-corrected chi connectivity index (χ3v) is 3.03. The Morgan fingerprint density at radius 1 is 1.21 bits per heavy atom. The predicted octanol–water partition coefficient (Wildman–Crippen LogP) is 2.97. The molecule has 1 aliphatic rings. The van der Waals surface area contributed by atoms with Crippen LogP contribution in [0.25, 0.3) is 0 Å². The van der Waals surface area contributed by atoms with Crippen molar-refractivity contribution in [2.75, 3.05) is 0 Å². The fraction of sp³-hybridized carbons (Fsp3) is 0.385. The molecule has 0 fully saturated rings. The van der Waals surface area contributed by atoms with E-state index in [-0.39, 0.29) is 6.54 Å². The Labute approximate surface area is 108 Å². The molecule has 0 aromatic heterocycles. The highest BCUT2D eigenvalue weighted by Crippen LogP contribution is 2.37. The number of hydrogen-bond acceptors (Lipinski definition) is 2. The summed E-state index contributed by atoms with van der Waals surface area (Å²) in [5, 5.41) is 4.35. The van der Waals surface area contributed by atoms with Crippen molar-refractivity contribution in [3.8, 4) is 0 Å². The maximum Gasteiger partial charge on any atom is 0.432 e. The van der Waals surface area contributed by atoms with Crippen molar-refractivity contribution < 1.29 is 18.0 Å². The van der Waals surface area contributed by atoms with Gasteiger partial charge in [0.15, 0.2) is 5.71 Å². The normalized spacial score (nSPS) is 18.7. The van der Waals surface area contributed by atoms with Gasteiger partial charge in [0.1, 0.15) is 0 Å². The zero-order valence-electron chi connectivity index (χ0n) is 10.5. The number of rotatable bonds is 2. The third-order valence-electron chi connectivity index (χ3n) is 3.03. The Kier molecular flexibility index (Phi) is 3.12. The Morgan fingerprint density at radius 2 is 1.79 bits per heavy atom. The molecule has 0 atom stereocenters. The zero-order chi connectivity index (χ0) is 14.3. The van der Waals surface area contributed by atoms with Crippen LogP contribution in [0.2, 0.25) is 0 Å².